The molecule has 0 radical (unpaired) electrons. The molecule has 1 heterocycles. The van der Waals surface area contributed by atoms with Crippen LogP contribution in [-0.2, 0) is 0 Å². The highest BCUT2D eigenvalue weighted by atomic mass is 35.5. The van der Waals surface area contributed by atoms with Crippen LogP contribution in [0.4, 0.5) is 5.82 Å². The largest absolute Gasteiger partial charge is 0.305 e. The number of benzene rings is 1. The van der Waals surface area contributed by atoms with Crippen LogP contribution in [0, 0.1) is 6.92 Å². The summed E-state index contributed by atoms with van der Waals surface area (Å²) in [4.78, 5) is 19.7. The van der Waals surface area contributed by atoms with Gasteiger partial charge in [-0.2, -0.15) is 0 Å². The smallest absolute Gasteiger partial charge is 0.256 e. The van der Waals surface area contributed by atoms with Gasteiger partial charge in [0.1, 0.15) is 5.15 Å². The third-order valence-corrected chi connectivity index (χ3v) is 2.87. The zero-order valence-electron chi connectivity index (χ0n) is 9.45. The van der Waals surface area contributed by atoms with E-state index in [1.165, 1.54) is 12.4 Å². The van der Waals surface area contributed by atoms with Gasteiger partial charge in [-0.3, -0.25) is 9.78 Å². The fraction of sp³-hybridized carbons (Fsp3) is 0.0833. The SMILES string of the molecule is Cc1ccc(C(=O)Nc2cncc(Cl)n2)cc1Cl. The minimum atomic E-state index is -0.312. The molecule has 92 valence electrons. The van der Waals surface area contributed by atoms with Gasteiger partial charge in [0, 0.05) is 10.6 Å². The van der Waals surface area contributed by atoms with Crippen LogP contribution >= 0.6 is 23.2 Å². The third kappa shape index (κ3) is 2.97. The van der Waals surface area contributed by atoms with E-state index in [1.54, 1.807) is 18.2 Å². The Balaban J connectivity index is 2.19. The molecular formula is C12H9Cl2N3O. The second-order valence-electron chi connectivity index (χ2n) is 3.65. The predicted octanol–water partition coefficient (Wildman–Crippen LogP) is 3.34. The first-order chi connectivity index (χ1) is 8.56. The highest BCUT2D eigenvalue weighted by Gasteiger charge is 2.08. The zero-order valence-corrected chi connectivity index (χ0v) is 11.0. The Labute approximate surface area is 114 Å². The summed E-state index contributed by atoms with van der Waals surface area (Å²) in [5.74, 6) is -0.0161. The fourth-order valence-corrected chi connectivity index (χ4v) is 1.65. The van der Waals surface area contributed by atoms with Crippen LogP contribution in [0.1, 0.15) is 15.9 Å². The summed E-state index contributed by atoms with van der Waals surface area (Å²) >= 11 is 11.6. The van der Waals surface area contributed by atoms with Crippen molar-refractivity contribution >= 4 is 34.9 Å². The highest BCUT2D eigenvalue weighted by Crippen LogP contribution is 2.17. The summed E-state index contributed by atoms with van der Waals surface area (Å²) in [6.45, 7) is 1.87. The van der Waals surface area contributed by atoms with Crippen LogP contribution in [0.3, 0.4) is 0 Å². The molecule has 0 atom stereocenters. The van der Waals surface area contributed by atoms with Crippen LogP contribution in [-0.4, -0.2) is 15.9 Å². The van der Waals surface area contributed by atoms with Gasteiger partial charge in [-0.1, -0.05) is 29.3 Å². The van der Waals surface area contributed by atoms with E-state index in [2.05, 4.69) is 15.3 Å². The zero-order chi connectivity index (χ0) is 13.1. The molecule has 2 aromatic rings. The maximum Gasteiger partial charge on any atom is 0.256 e. The summed E-state index contributed by atoms with van der Waals surface area (Å²) in [5, 5.41) is 3.35. The van der Waals surface area contributed by atoms with E-state index in [9.17, 15) is 4.79 Å². The minimum Gasteiger partial charge on any atom is -0.305 e. The first-order valence-electron chi connectivity index (χ1n) is 5.11. The number of aryl methyl sites for hydroxylation is 1. The molecule has 0 saturated carbocycles. The predicted molar refractivity (Wildman–Crippen MR) is 71.2 cm³/mol. The lowest BCUT2D eigenvalue weighted by Gasteiger charge is -2.05. The van der Waals surface area contributed by atoms with Crippen molar-refractivity contribution < 1.29 is 4.79 Å². The van der Waals surface area contributed by atoms with E-state index in [1.807, 2.05) is 6.92 Å². The maximum atomic E-state index is 11.9. The first kappa shape index (κ1) is 12.8. The summed E-state index contributed by atoms with van der Waals surface area (Å²) in [5.41, 5.74) is 1.36. The molecule has 1 aromatic heterocycles. The molecule has 4 nitrogen and oxygen atoms in total. The standard InChI is InChI=1S/C12H9Cl2N3O/c1-7-2-3-8(4-9(7)13)12(18)17-11-6-15-5-10(14)16-11/h2-6H,1H3,(H,16,17,18). The van der Waals surface area contributed by atoms with Gasteiger partial charge in [-0.15, -0.1) is 0 Å². The van der Waals surface area contributed by atoms with Crippen LogP contribution < -0.4 is 5.32 Å². The highest BCUT2D eigenvalue weighted by molar-refractivity contribution is 6.31. The van der Waals surface area contributed by atoms with Gasteiger partial charge in [0.2, 0.25) is 0 Å². The molecule has 18 heavy (non-hydrogen) atoms. The Morgan fingerprint density at radius 2 is 2.06 bits per heavy atom. The lowest BCUT2D eigenvalue weighted by atomic mass is 10.1. The average molecular weight is 282 g/mol. The van der Waals surface area contributed by atoms with E-state index in [0.29, 0.717) is 16.4 Å². The van der Waals surface area contributed by atoms with Crippen molar-refractivity contribution in [2.45, 2.75) is 6.92 Å². The minimum absolute atomic E-state index is 0.217. The molecule has 1 amide bonds. The van der Waals surface area contributed by atoms with Crippen molar-refractivity contribution in [3.8, 4) is 0 Å². The Hall–Kier alpha value is -1.65. The van der Waals surface area contributed by atoms with Crippen LogP contribution in [0.25, 0.3) is 0 Å². The number of carbonyl (C=O) groups excluding carboxylic acids is 1. The fourth-order valence-electron chi connectivity index (χ4n) is 1.32. The molecule has 0 saturated heterocycles. The van der Waals surface area contributed by atoms with Crippen molar-refractivity contribution in [2.75, 3.05) is 5.32 Å². The number of hydrogen-bond acceptors (Lipinski definition) is 3. The van der Waals surface area contributed by atoms with Crippen molar-refractivity contribution in [1.82, 2.24) is 9.97 Å². The van der Waals surface area contributed by atoms with E-state index in [0.717, 1.165) is 5.56 Å². The van der Waals surface area contributed by atoms with E-state index in [4.69, 9.17) is 23.2 Å². The van der Waals surface area contributed by atoms with Crippen molar-refractivity contribution in [2.24, 2.45) is 0 Å². The Bertz CT molecular complexity index is 602. The van der Waals surface area contributed by atoms with E-state index in [-0.39, 0.29) is 11.1 Å². The molecular weight excluding hydrogens is 273 g/mol. The number of hydrogen-bond donors (Lipinski definition) is 1. The van der Waals surface area contributed by atoms with Crippen molar-refractivity contribution in [3.63, 3.8) is 0 Å². The van der Waals surface area contributed by atoms with Crippen molar-refractivity contribution in [3.05, 3.63) is 51.9 Å². The van der Waals surface area contributed by atoms with Crippen LogP contribution in [0.15, 0.2) is 30.6 Å². The van der Waals surface area contributed by atoms with Gasteiger partial charge in [-0.05, 0) is 24.6 Å². The Kier molecular flexibility index (Phi) is 3.79. The maximum absolute atomic E-state index is 11.9. The molecule has 0 aliphatic heterocycles. The molecule has 2 rings (SSSR count). The number of halogens is 2. The molecule has 0 aliphatic carbocycles. The second-order valence-corrected chi connectivity index (χ2v) is 4.44. The third-order valence-electron chi connectivity index (χ3n) is 2.28. The molecule has 0 bridgehead atoms. The van der Waals surface area contributed by atoms with Crippen LogP contribution in [0.5, 0.6) is 0 Å². The Morgan fingerprint density at radius 3 is 2.72 bits per heavy atom. The molecule has 0 aliphatic rings. The number of rotatable bonds is 2. The molecule has 0 unspecified atom stereocenters. The van der Waals surface area contributed by atoms with Gasteiger partial charge in [0.05, 0.1) is 12.4 Å². The number of anilines is 1. The normalized spacial score (nSPS) is 10.2. The van der Waals surface area contributed by atoms with Gasteiger partial charge in [-0.25, -0.2) is 4.98 Å². The average Bonchev–Trinajstić information content (AvgIpc) is 2.32. The topological polar surface area (TPSA) is 54.9 Å². The Morgan fingerprint density at radius 1 is 1.28 bits per heavy atom. The summed E-state index contributed by atoms with van der Waals surface area (Å²) < 4.78 is 0. The number of amides is 1. The van der Waals surface area contributed by atoms with Gasteiger partial charge >= 0.3 is 0 Å². The molecule has 0 spiro atoms. The number of carbonyl (C=O) groups is 1. The van der Waals surface area contributed by atoms with Crippen LogP contribution in [0.2, 0.25) is 10.2 Å². The summed E-state index contributed by atoms with van der Waals surface area (Å²) in [7, 11) is 0. The summed E-state index contributed by atoms with van der Waals surface area (Å²) in [6.07, 6.45) is 2.81. The van der Waals surface area contributed by atoms with Gasteiger partial charge in [0.15, 0.2) is 5.82 Å². The number of aromatic nitrogens is 2. The molecule has 1 aromatic carbocycles. The van der Waals surface area contributed by atoms with Gasteiger partial charge < -0.3 is 5.32 Å². The monoisotopic (exact) mass is 281 g/mol. The quantitative estimate of drug-likeness (QED) is 0.919. The lowest BCUT2D eigenvalue weighted by molar-refractivity contribution is 0.102. The van der Waals surface area contributed by atoms with E-state index < -0.39 is 0 Å². The van der Waals surface area contributed by atoms with Gasteiger partial charge in [0.25, 0.3) is 5.91 Å². The first-order valence-corrected chi connectivity index (χ1v) is 5.87. The van der Waals surface area contributed by atoms with E-state index >= 15 is 0 Å². The second kappa shape index (κ2) is 5.33. The molecule has 0 fully saturated rings. The number of nitrogens with one attached hydrogen (secondary N) is 1. The summed E-state index contributed by atoms with van der Waals surface area (Å²) in [6, 6.07) is 5.07. The molecule has 1 N–H and O–H groups in total. The van der Waals surface area contributed by atoms with Crippen molar-refractivity contribution in [1.29, 1.82) is 0 Å². The molecule has 6 heteroatoms. The lowest BCUT2D eigenvalue weighted by Crippen LogP contribution is -2.13. The number of nitrogens with zero attached hydrogens (tertiary/aromatic N) is 2.